The van der Waals surface area contributed by atoms with Crippen LogP contribution in [0.5, 0.6) is 17.2 Å². The molecule has 0 radical (unpaired) electrons. The summed E-state index contributed by atoms with van der Waals surface area (Å²) in [5, 5.41) is 20.1. The number of nitrogens with zero attached hydrogens (tertiary/aromatic N) is 1. The molecule has 168 valence electrons. The molecule has 0 spiro atoms. The zero-order valence-corrected chi connectivity index (χ0v) is 17.8. The standard InChI is InChI=1S/C23H23NO8/c1-30-15-11-14(12-16(31-2)22(15)32-3)19-18(20(27)13-7-5-4-6-8-13)21(28)23(29)24(19)10-9-17(25)26/h4-8,11-12,19,27H,9-10H2,1-3H3,(H,25,26)/t19-/m1/s1. The minimum atomic E-state index is -1.13. The number of carboxylic acid groups (broad SMARTS) is 1. The normalized spacial score (nSPS) is 17.3. The van der Waals surface area contributed by atoms with Gasteiger partial charge in [-0.15, -0.1) is 0 Å². The summed E-state index contributed by atoms with van der Waals surface area (Å²) in [7, 11) is 4.28. The Morgan fingerprint density at radius 3 is 2.06 bits per heavy atom. The molecule has 1 atom stereocenters. The lowest BCUT2D eigenvalue weighted by Gasteiger charge is -2.26. The Bertz CT molecular complexity index is 1050. The lowest BCUT2D eigenvalue weighted by molar-refractivity contribution is -0.142. The zero-order valence-electron chi connectivity index (χ0n) is 17.8. The molecule has 0 aliphatic carbocycles. The first kappa shape index (κ1) is 22.7. The van der Waals surface area contributed by atoms with Crippen LogP contribution in [0.25, 0.3) is 5.76 Å². The van der Waals surface area contributed by atoms with Crippen LogP contribution in [-0.2, 0) is 14.4 Å². The summed E-state index contributed by atoms with van der Waals surface area (Å²) in [6.07, 6.45) is -0.376. The molecule has 0 bridgehead atoms. The molecule has 9 nitrogen and oxygen atoms in total. The van der Waals surface area contributed by atoms with Gasteiger partial charge in [0.1, 0.15) is 5.76 Å². The van der Waals surface area contributed by atoms with Crippen molar-refractivity contribution in [2.24, 2.45) is 0 Å². The maximum Gasteiger partial charge on any atom is 0.305 e. The summed E-state index contributed by atoms with van der Waals surface area (Å²) in [5.74, 6) is -2.42. The topological polar surface area (TPSA) is 123 Å². The minimum Gasteiger partial charge on any atom is -0.507 e. The van der Waals surface area contributed by atoms with Gasteiger partial charge in [0.2, 0.25) is 5.75 Å². The lowest BCUT2D eigenvalue weighted by Crippen LogP contribution is -2.31. The van der Waals surface area contributed by atoms with Crippen LogP contribution in [0, 0.1) is 0 Å². The van der Waals surface area contributed by atoms with E-state index in [1.54, 1.807) is 42.5 Å². The molecule has 0 unspecified atom stereocenters. The molecule has 1 amide bonds. The molecule has 0 saturated carbocycles. The zero-order chi connectivity index (χ0) is 23.4. The third kappa shape index (κ3) is 4.09. The van der Waals surface area contributed by atoms with Crippen molar-refractivity contribution in [3.05, 3.63) is 59.2 Å². The van der Waals surface area contributed by atoms with Crippen LogP contribution in [0.3, 0.4) is 0 Å². The number of aliphatic hydroxyl groups is 1. The number of ether oxygens (including phenoxy) is 3. The number of likely N-dealkylation sites (tertiary alicyclic amines) is 1. The van der Waals surface area contributed by atoms with Crippen LogP contribution in [0.15, 0.2) is 48.0 Å². The van der Waals surface area contributed by atoms with Gasteiger partial charge in [-0.05, 0) is 17.7 Å². The molecular formula is C23H23NO8. The molecule has 2 aromatic carbocycles. The van der Waals surface area contributed by atoms with Crippen LogP contribution in [0.1, 0.15) is 23.6 Å². The second kappa shape index (κ2) is 9.42. The number of hydrogen-bond acceptors (Lipinski definition) is 7. The summed E-state index contributed by atoms with van der Waals surface area (Å²) in [4.78, 5) is 38.1. The highest BCUT2D eigenvalue weighted by Crippen LogP contribution is 2.45. The molecular weight excluding hydrogens is 418 g/mol. The number of ketones is 1. The average molecular weight is 441 g/mol. The fraction of sp³-hybridized carbons (Fsp3) is 0.261. The third-order valence-corrected chi connectivity index (χ3v) is 5.16. The molecule has 1 heterocycles. The van der Waals surface area contributed by atoms with Gasteiger partial charge in [-0.3, -0.25) is 14.4 Å². The van der Waals surface area contributed by atoms with Gasteiger partial charge in [0, 0.05) is 12.1 Å². The van der Waals surface area contributed by atoms with Crippen molar-refractivity contribution in [3.8, 4) is 17.2 Å². The Morgan fingerprint density at radius 2 is 1.56 bits per heavy atom. The van der Waals surface area contributed by atoms with Crippen LogP contribution in [-0.4, -0.2) is 60.6 Å². The largest absolute Gasteiger partial charge is 0.507 e. The number of aliphatic carboxylic acids is 1. The van der Waals surface area contributed by atoms with Gasteiger partial charge >= 0.3 is 5.97 Å². The van der Waals surface area contributed by atoms with Gasteiger partial charge in [-0.25, -0.2) is 0 Å². The van der Waals surface area contributed by atoms with E-state index in [-0.39, 0.29) is 35.8 Å². The van der Waals surface area contributed by atoms with Gasteiger partial charge < -0.3 is 29.3 Å². The first-order valence-electron chi connectivity index (χ1n) is 9.69. The highest BCUT2D eigenvalue weighted by atomic mass is 16.5. The summed E-state index contributed by atoms with van der Waals surface area (Å²) in [5.41, 5.74) is 0.587. The van der Waals surface area contributed by atoms with Crippen LogP contribution < -0.4 is 14.2 Å². The number of carboxylic acids is 1. The molecule has 9 heteroatoms. The number of aliphatic hydroxyl groups excluding tert-OH is 1. The second-order valence-electron chi connectivity index (χ2n) is 6.96. The molecule has 0 aromatic heterocycles. The number of carbonyl (C=O) groups excluding carboxylic acids is 2. The molecule has 2 aromatic rings. The fourth-order valence-corrected chi connectivity index (χ4v) is 3.68. The summed E-state index contributed by atoms with van der Waals surface area (Å²) in [6.45, 7) is -0.229. The van der Waals surface area contributed by atoms with Crippen molar-refractivity contribution < 1.29 is 38.8 Å². The van der Waals surface area contributed by atoms with Crippen molar-refractivity contribution in [1.29, 1.82) is 0 Å². The number of Topliss-reactive ketones (excluding diaryl/α,β-unsaturated/α-hetero) is 1. The molecule has 1 saturated heterocycles. The van der Waals surface area contributed by atoms with Crippen LogP contribution >= 0.6 is 0 Å². The number of benzene rings is 2. The third-order valence-electron chi connectivity index (χ3n) is 5.16. The van der Waals surface area contributed by atoms with Gasteiger partial charge in [-0.2, -0.15) is 0 Å². The van der Waals surface area contributed by atoms with Crippen molar-refractivity contribution in [2.75, 3.05) is 27.9 Å². The van der Waals surface area contributed by atoms with E-state index < -0.39 is 23.7 Å². The van der Waals surface area contributed by atoms with E-state index in [4.69, 9.17) is 19.3 Å². The SMILES string of the molecule is COc1cc([C@@H]2C(=C(O)c3ccccc3)C(=O)C(=O)N2CCC(=O)O)cc(OC)c1OC. The minimum absolute atomic E-state index is 0.152. The Morgan fingerprint density at radius 1 is 0.969 bits per heavy atom. The summed E-state index contributed by atoms with van der Waals surface area (Å²) < 4.78 is 16.1. The number of methoxy groups -OCH3 is 3. The van der Waals surface area contributed by atoms with E-state index in [9.17, 15) is 19.5 Å². The number of rotatable bonds is 8. The molecule has 1 aliphatic rings. The Hall–Kier alpha value is -4.01. The van der Waals surface area contributed by atoms with Crippen molar-refractivity contribution in [2.45, 2.75) is 12.5 Å². The maximum absolute atomic E-state index is 12.9. The highest BCUT2D eigenvalue weighted by Gasteiger charge is 2.46. The Labute approximate surface area is 184 Å². The molecule has 1 aliphatic heterocycles. The van der Waals surface area contributed by atoms with Gasteiger partial charge in [0.15, 0.2) is 11.5 Å². The Balaban J connectivity index is 2.25. The quantitative estimate of drug-likeness (QED) is 0.364. The summed E-state index contributed by atoms with van der Waals surface area (Å²) >= 11 is 0. The molecule has 32 heavy (non-hydrogen) atoms. The number of hydrogen-bond donors (Lipinski definition) is 2. The van der Waals surface area contributed by atoms with Crippen LogP contribution in [0.4, 0.5) is 0 Å². The van der Waals surface area contributed by atoms with E-state index in [0.29, 0.717) is 16.9 Å². The van der Waals surface area contributed by atoms with E-state index >= 15 is 0 Å². The maximum atomic E-state index is 12.9. The van der Waals surface area contributed by atoms with Crippen LogP contribution in [0.2, 0.25) is 0 Å². The van der Waals surface area contributed by atoms with E-state index in [1.165, 1.54) is 21.3 Å². The fourth-order valence-electron chi connectivity index (χ4n) is 3.68. The van der Waals surface area contributed by atoms with E-state index in [1.807, 2.05) is 0 Å². The molecule has 1 fully saturated rings. The van der Waals surface area contributed by atoms with Gasteiger partial charge in [0.25, 0.3) is 11.7 Å². The summed E-state index contributed by atoms with van der Waals surface area (Å²) in [6, 6.07) is 10.4. The van der Waals surface area contributed by atoms with Crippen molar-refractivity contribution >= 4 is 23.4 Å². The highest BCUT2D eigenvalue weighted by molar-refractivity contribution is 6.46. The lowest BCUT2D eigenvalue weighted by atomic mass is 9.94. The first-order valence-corrected chi connectivity index (χ1v) is 9.69. The molecule has 2 N–H and O–H groups in total. The van der Waals surface area contributed by atoms with Gasteiger partial charge in [-0.1, -0.05) is 30.3 Å². The van der Waals surface area contributed by atoms with E-state index in [0.717, 1.165) is 4.90 Å². The van der Waals surface area contributed by atoms with E-state index in [2.05, 4.69) is 0 Å². The number of amides is 1. The van der Waals surface area contributed by atoms with Crippen molar-refractivity contribution in [3.63, 3.8) is 0 Å². The first-order chi connectivity index (χ1) is 15.3. The monoisotopic (exact) mass is 441 g/mol. The average Bonchev–Trinajstić information content (AvgIpc) is 3.06. The predicted molar refractivity (Wildman–Crippen MR) is 114 cm³/mol. The smallest absolute Gasteiger partial charge is 0.305 e. The number of carbonyl (C=O) groups is 3. The predicted octanol–water partition coefficient (Wildman–Crippen LogP) is 2.61. The molecule has 3 rings (SSSR count). The van der Waals surface area contributed by atoms with Crippen molar-refractivity contribution in [1.82, 2.24) is 4.90 Å². The second-order valence-corrected chi connectivity index (χ2v) is 6.96. The van der Waals surface area contributed by atoms with Gasteiger partial charge in [0.05, 0.1) is 39.4 Å². The Kier molecular flexibility index (Phi) is 6.67.